The number of rotatable bonds is 6. The van der Waals surface area contributed by atoms with E-state index in [4.69, 9.17) is 4.74 Å². The summed E-state index contributed by atoms with van der Waals surface area (Å²) in [6.45, 7) is 2.57. The third-order valence-electron chi connectivity index (χ3n) is 3.36. The molecule has 110 valence electrons. The Labute approximate surface area is 124 Å². The molecule has 20 heavy (non-hydrogen) atoms. The minimum atomic E-state index is -0.747. The maximum absolute atomic E-state index is 11.4. The van der Waals surface area contributed by atoms with Crippen LogP contribution in [0.1, 0.15) is 5.56 Å². The van der Waals surface area contributed by atoms with Crippen molar-refractivity contribution in [2.75, 3.05) is 32.5 Å². The van der Waals surface area contributed by atoms with Gasteiger partial charge in [0.15, 0.2) is 0 Å². The average Bonchev–Trinajstić information content (AvgIpc) is 2.44. The van der Waals surface area contributed by atoms with E-state index >= 15 is 0 Å². The van der Waals surface area contributed by atoms with Gasteiger partial charge in [-0.3, -0.25) is 4.79 Å². The first-order valence-electron chi connectivity index (χ1n) is 6.83. The highest BCUT2D eigenvalue weighted by molar-refractivity contribution is 8.00. The molecular formula is C15H21NO3S. The van der Waals surface area contributed by atoms with E-state index in [0.717, 1.165) is 31.0 Å². The Balaban J connectivity index is 1.85. The molecule has 0 spiro atoms. The summed E-state index contributed by atoms with van der Waals surface area (Å²) in [4.78, 5) is 13.6. The number of hydrogen-bond donors (Lipinski definition) is 1. The topological polar surface area (TPSA) is 49.8 Å². The molecule has 4 nitrogen and oxygen atoms in total. The number of carboxylic acid groups (broad SMARTS) is 1. The number of likely N-dealkylation sites (N-methyl/N-ethyl adjacent to an activating group) is 1. The number of thioether (sulfide) groups is 1. The molecule has 2 rings (SSSR count). The van der Waals surface area contributed by atoms with Crippen molar-refractivity contribution in [3.8, 4) is 0 Å². The summed E-state index contributed by atoms with van der Waals surface area (Å²) in [5.74, 6) is -0.0169. The zero-order valence-electron chi connectivity index (χ0n) is 11.7. The zero-order valence-corrected chi connectivity index (χ0v) is 12.5. The van der Waals surface area contributed by atoms with Crippen LogP contribution in [0.3, 0.4) is 0 Å². The van der Waals surface area contributed by atoms with E-state index < -0.39 is 11.2 Å². The van der Waals surface area contributed by atoms with Crippen LogP contribution in [0.4, 0.5) is 0 Å². The van der Waals surface area contributed by atoms with Gasteiger partial charge < -0.3 is 14.7 Å². The molecule has 0 aromatic heterocycles. The average molecular weight is 295 g/mol. The second-order valence-corrected chi connectivity index (χ2v) is 6.34. The summed E-state index contributed by atoms with van der Waals surface area (Å²) in [5, 5.41) is 8.93. The molecular weight excluding hydrogens is 274 g/mol. The van der Waals surface area contributed by atoms with Gasteiger partial charge in [0.1, 0.15) is 5.25 Å². The molecule has 0 aliphatic carbocycles. The summed E-state index contributed by atoms with van der Waals surface area (Å²) < 4.78 is 5.67. The quantitative estimate of drug-likeness (QED) is 0.866. The minimum absolute atomic E-state index is 0.136. The Kier molecular flexibility index (Phi) is 5.88. The summed E-state index contributed by atoms with van der Waals surface area (Å²) in [6, 6.07) is 9.77. The molecule has 1 aliphatic heterocycles. The third-order valence-corrected chi connectivity index (χ3v) is 4.70. The maximum Gasteiger partial charge on any atom is 0.316 e. The largest absolute Gasteiger partial charge is 0.480 e. The number of hydrogen-bond acceptors (Lipinski definition) is 4. The van der Waals surface area contributed by atoms with Gasteiger partial charge in [0.05, 0.1) is 12.7 Å². The summed E-state index contributed by atoms with van der Waals surface area (Å²) in [7, 11) is 2.07. The first-order valence-corrected chi connectivity index (χ1v) is 7.88. The monoisotopic (exact) mass is 295 g/mol. The molecule has 1 aliphatic rings. The number of morpholine rings is 1. The molecule has 1 fully saturated rings. The van der Waals surface area contributed by atoms with E-state index in [9.17, 15) is 9.90 Å². The fourth-order valence-corrected chi connectivity index (χ4v) is 3.34. The number of ether oxygens (including phenoxy) is 1. The van der Waals surface area contributed by atoms with Gasteiger partial charge in [0.25, 0.3) is 0 Å². The highest BCUT2D eigenvalue weighted by Gasteiger charge is 2.23. The van der Waals surface area contributed by atoms with Crippen LogP contribution < -0.4 is 0 Å². The van der Waals surface area contributed by atoms with Gasteiger partial charge in [-0.2, -0.15) is 0 Å². The molecule has 0 saturated carbocycles. The van der Waals surface area contributed by atoms with Crippen LogP contribution in [0.25, 0.3) is 0 Å². The fraction of sp³-hybridized carbons (Fsp3) is 0.533. The lowest BCUT2D eigenvalue weighted by Crippen LogP contribution is -2.41. The molecule has 1 aromatic rings. The van der Waals surface area contributed by atoms with E-state index in [1.54, 1.807) is 0 Å². The van der Waals surface area contributed by atoms with Crippen LogP contribution in [0.2, 0.25) is 0 Å². The number of benzene rings is 1. The Hall–Kier alpha value is -1.04. The van der Waals surface area contributed by atoms with Gasteiger partial charge in [-0.1, -0.05) is 30.3 Å². The highest BCUT2D eigenvalue weighted by Crippen LogP contribution is 2.20. The van der Waals surface area contributed by atoms with Crippen molar-refractivity contribution in [1.82, 2.24) is 4.90 Å². The summed E-state index contributed by atoms with van der Waals surface area (Å²) in [5.41, 5.74) is 1.06. The molecule has 2 atom stereocenters. The fourth-order valence-electron chi connectivity index (χ4n) is 2.24. The van der Waals surface area contributed by atoms with Crippen LogP contribution in [0, 0.1) is 0 Å². The lowest BCUT2D eigenvalue weighted by Gasteiger charge is -2.30. The smallest absolute Gasteiger partial charge is 0.316 e. The van der Waals surface area contributed by atoms with Crippen LogP contribution in [-0.2, 0) is 16.0 Å². The summed E-state index contributed by atoms with van der Waals surface area (Å²) in [6.07, 6.45) is 0.694. The van der Waals surface area contributed by atoms with Gasteiger partial charge in [0, 0.05) is 18.8 Å². The van der Waals surface area contributed by atoms with Crippen LogP contribution >= 0.6 is 11.8 Å². The molecule has 0 amide bonds. The molecule has 1 heterocycles. The Morgan fingerprint density at radius 1 is 1.50 bits per heavy atom. The van der Waals surface area contributed by atoms with Gasteiger partial charge >= 0.3 is 5.97 Å². The Morgan fingerprint density at radius 3 is 2.90 bits per heavy atom. The van der Waals surface area contributed by atoms with Gasteiger partial charge in [-0.25, -0.2) is 0 Å². The van der Waals surface area contributed by atoms with Gasteiger partial charge in [-0.05, 0) is 19.0 Å². The van der Waals surface area contributed by atoms with E-state index in [0.29, 0.717) is 6.42 Å². The molecule has 1 aromatic carbocycles. The number of carboxylic acids is 1. The predicted molar refractivity (Wildman–Crippen MR) is 81.3 cm³/mol. The molecule has 5 heteroatoms. The summed E-state index contributed by atoms with van der Waals surface area (Å²) >= 11 is 1.48. The van der Waals surface area contributed by atoms with E-state index in [1.807, 2.05) is 30.3 Å². The van der Waals surface area contributed by atoms with Crippen LogP contribution in [0.15, 0.2) is 30.3 Å². The minimum Gasteiger partial charge on any atom is -0.480 e. The van der Waals surface area contributed by atoms with Crippen molar-refractivity contribution < 1.29 is 14.6 Å². The normalized spacial score (nSPS) is 21.6. The molecule has 2 unspecified atom stereocenters. The number of nitrogens with zero attached hydrogens (tertiary/aromatic N) is 1. The lowest BCUT2D eigenvalue weighted by molar-refractivity contribution is -0.136. The van der Waals surface area contributed by atoms with Crippen molar-refractivity contribution in [1.29, 1.82) is 0 Å². The Morgan fingerprint density at radius 2 is 2.25 bits per heavy atom. The molecule has 1 N–H and O–H groups in total. The van der Waals surface area contributed by atoms with Crippen LogP contribution in [-0.4, -0.2) is 59.8 Å². The van der Waals surface area contributed by atoms with Gasteiger partial charge in [-0.15, -0.1) is 11.8 Å². The second kappa shape index (κ2) is 7.67. The first kappa shape index (κ1) is 15.4. The predicted octanol–water partition coefficient (Wildman–Crippen LogP) is 1.75. The van der Waals surface area contributed by atoms with E-state index in [-0.39, 0.29) is 6.10 Å². The van der Waals surface area contributed by atoms with Crippen molar-refractivity contribution in [3.05, 3.63) is 35.9 Å². The van der Waals surface area contributed by atoms with Crippen LogP contribution in [0.5, 0.6) is 0 Å². The lowest BCUT2D eigenvalue weighted by atomic mass is 10.1. The van der Waals surface area contributed by atoms with Crippen molar-refractivity contribution in [3.63, 3.8) is 0 Å². The Bertz CT molecular complexity index is 426. The highest BCUT2D eigenvalue weighted by atomic mass is 32.2. The zero-order chi connectivity index (χ0) is 14.4. The molecule has 0 bridgehead atoms. The second-order valence-electron chi connectivity index (χ2n) is 5.10. The van der Waals surface area contributed by atoms with E-state index in [1.165, 1.54) is 11.8 Å². The maximum atomic E-state index is 11.4. The first-order chi connectivity index (χ1) is 9.65. The third kappa shape index (κ3) is 4.81. The number of aliphatic carboxylic acids is 1. The van der Waals surface area contributed by atoms with Crippen molar-refractivity contribution in [2.24, 2.45) is 0 Å². The molecule has 0 radical (unpaired) electrons. The van der Waals surface area contributed by atoms with Gasteiger partial charge in [0.2, 0.25) is 0 Å². The van der Waals surface area contributed by atoms with E-state index in [2.05, 4.69) is 11.9 Å². The van der Waals surface area contributed by atoms with Crippen molar-refractivity contribution >= 4 is 17.7 Å². The standard InChI is InChI=1S/C15H21NO3S/c1-16-7-8-19-13(10-16)11-20-14(15(17)18)9-12-5-3-2-4-6-12/h2-6,13-14H,7-11H2,1H3,(H,17,18). The van der Waals surface area contributed by atoms with Crippen molar-refractivity contribution in [2.45, 2.75) is 17.8 Å². The number of carbonyl (C=O) groups is 1. The SMILES string of the molecule is CN1CCOC(CSC(Cc2ccccc2)C(=O)O)C1. The molecule has 1 saturated heterocycles.